The highest BCUT2D eigenvalue weighted by Crippen LogP contribution is 2.42. The van der Waals surface area contributed by atoms with Crippen LogP contribution in [0.5, 0.6) is 0 Å². The summed E-state index contributed by atoms with van der Waals surface area (Å²) in [5, 5.41) is 11.4. The van der Waals surface area contributed by atoms with Crippen molar-refractivity contribution >= 4 is 34.9 Å². The van der Waals surface area contributed by atoms with Crippen LogP contribution in [0.3, 0.4) is 0 Å². The van der Waals surface area contributed by atoms with E-state index < -0.39 is 17.8 Å². The predicted molar refractivity (Wildman–Crippen MR) is 110 cm³/mol. The van der Waals surface area contributed by atoms with Crippen LogP contribution in [0, 0.1) is 0 Å². The number of nitrogens with zero attached hydrogens (tertiary/aromatic N) is 4. The normalized spacial score (nSPS) is 14.1. The second kappa shape index (κ2) is 8.55. The predicted octanol–water partition coefficient (Wildman–Crippen LogP) is 5.36. The lowest BCUT2D eigenvalue weighted by atomic mass is 10.2. The summed E-state index contributed by atoms with van der Waals surface area (Å²) in [4.78, 5) is 12.3. The van der Waals surface area contributed by atoms with E-state index in [9.17, 15) is 18.0 Å². The van der Waals surface area contributed by atoms with E-state index in [1.807, 2.05) is 12.1 Å². The lowest BCUT2D eigenvalue weighted by Crippen LogP contribution is -2.17. The van der Waals surface area contributed by atoms with E-state index in [1.165, 1.54) is 4.68 Å². The van der Waals surface area contributed by atoms with Crippen LogP contribution < -0.4 is 5.32 Å². The number of carbonyl (C=O) groups is 1. The molecule has 0 saturated heterocycles. The van der Waals surface area contributed by atoms with Gasteiger partial charge in [-0.05, 0) is 36.6 Å². The minimum Gasteiger partial charge on any atom is -0.308 e. The fraction of sp³-hybridized carbons (Fsp3) is 0.350. The van der Waals surface area contributed by atoms with Gasteiger partial charge in [-0.2, -0.15) is 23.4 Å². The zero-order valence-corrected chi connectivity index (χ0v) is 17.7. The van der Waals surface area contributed by atoms with Crippen LogP contribution in [0.15, 0.2) is 36.5 Å². The largest absolute Gasteiger partial charge is 0.435 e. The van der Waals surface area contributed by atoms with Crippen molar-refractivity contribution in [2.45, 2.75) is 44.4 Å². The van der Waals surface area contributed by atoms with Crippen LogP contribution in [-0.4, -0.2) is 25.5 Å². The molecule has 2 heterocycles. The number of hydrogen-bond donors (Lipinski definition) is 1. The standard InChI is InChI=1S/C20H18Cl2F3N5O/c21-14-5-1-12(2-6-14)10-29-11-15(22)19(28-29)26-18(31)7-8-30-16(13-3-4-13)9-17(27-30)20(23,24)25/h1-2,5-6,9,11,13H,3-4,7-8,10H2,(H,26,28,31). The Morgan fingerprint density at radius 3 is 2.52 bits per heavy atom. The zero-order chi connectivity index (χ0) is 22.2. The van der Waals surface area contributed by atoms with Crippen molar-refractivity contribution < 1.29 is 18.0 Å². The summed E-state index contributed by atoms with van der Waals surface area (Å²) in [6, 6.07) is 8.31. The Balaban J connectivity index is 1.38. The van der Waals surface area contributed by atoms with Gasteiger partial charge in [0.25, 0.3) is 0 Å². The zero-order valence-electron chi connectivity index (χ0n) is 16.2. The van der Waals surface area contributed by atoms with Crippen molar-refractivity contribution in [3.05, 3.63) is 63.5 Å². The highest BCUT2D eigenvalue weighted by molar-refractivity contribution is 6.33. The van der Waals surface area contributed by atoms with Crippen molar-refractivity contribution in [3.63, 3.8) is 0 Å². The van der Waals surface area contributed by atoms with Crippen LogP contribution in [0.4, 0.5) is 19.0 Å². The summed E-state index contributed by atoms with van der Waals surface area (Å²) >= 11 is 12.0. The quantitative estimate of drug-likeness (QED) is 0.504. The molecular weight excluding hydrogens is 454 g/mol. The van der Waals surface area contributed by atoms with E-state index in [-0.39, 0.29) is 29.7 Å². The number of rotatable bonds is 7. The highest BCUT2D eigenvalue weighted by atomic mass is 35.5. The van der Waals surface area contributed by atoms with Crippen LogP contribution in [0.25, 0.3) is 0 Å². The molecule has 4 rings (SSSR count). The fourth-order valence-corrected chi connectivity index (χ4v) is 3.52. The average Bonchev–Trinajstić information content (AvgIpc) is 3.35. The Kier molecular flexibility index (Phi) is 5.98. The third-order valence-corrected chi connectivity index (χ3v) is 5.41. The molecule has 2 aromatic heterocycles. The second-order valence-electron chi connectivity index (χ2n) is 7.40. The third kappa shape index (κ3) is 5.40. The number of hydrogen-bond acceptors (Lipinski definition) is 3. The minimum atomic E-state index is -4.51. The van der Waals surface area contributed by atoms with Gasteiger partial charge in [-0.15, -0.1) is 0 Å². The van der Waals surface area contributed by atoms with Gasteiger partial charge in [-0.25, -0.2) is 0 Å². The molecule has 31 heavy (non-hydrogen) atoms. The van der Waals surface area contributed by atoms with Gasteiger partial charge in [0, 0.05) is 35.8 Å². The molecule has 1 amide bonds. The van der Waals surface area contributed by atoms with Crippen molar-refractivity contribution in [1.29, 1.82) is 0 Å². The third-order valence-electron chi connectivity index (χ3n) is 4.88. The van der Waals surface area contributed by atoms with Gasteiger partial charge >= 0.3 is 6.18 Å². The summed E-state index contributed by atoms with van der Waals surface area (Å²) in [5.41, 5.74) is 0.539. The monoisotopic (exact) mass is 471 g/mol. The first-order valence-electron chi connectivity index (χ1n) is 9.61. The molecule has 6 nitrogen and oxygen atoms in total. The number of amides is 1. The van der Waals surface area contributed by atoms with Crippen molar-refractivity contribution in [2.24, 2.45) is 0 Å². The van der Waals surface area contributed by atoms with Gasteiger partial charge in [0.05, 0.1) is 6.54 Å². The number of aromatic nitrogens is 4. The average molecular weight is 472 g/mol. The van der Waals surface area contributed by atoms with Gasteiger partial charge < -0.3 is 5.32 Å². The molecule has 1 N–H and O–H groups in total. The molecule has 0 spiro atoms. The minimum absolute atomic E-state index is 0.0385. The first-order valence-corrected chi connectivity index (χ1v) is 10.4. The molecule has 0 aliphatic heterocycles. The number of anilines is 1. The molecule has 1 fully saturated rings. The second-order valence-corrected chi connectivity index (χ2v) is 8.24. The van der Waals surface area contributed by atoms with Crippen LogP contribution in [-0.2, 0) is 24.1 Å². The first-order chi connectivity index (χ1) is 14.7. The Morgan fingerprint density at radius 1 is 1.16 bits per heavy atom. The number of benzene rings is 1. The van der Waals surface area contributed by atoms with E-state index in [4.69, 9.17) is 23.2 Å². The van der Waals surface area contributed by atoms with Crippen LogP contribution in [0.2, 0.25) is 10.0 Å². The van der Waals surface area contributed by atoms with Gasteiger partial charge in [0.2, 0.25) is 5.91 Å². The van der Waals surface area contributed by atoms with Gasteiger partial charge in [-0.3, -0.25) is 14.2 Å². The maximum absolute atomic E-state index is 13.0. The molecule has 0 unspecified atom stereocenters. The Bertz CT molecular complexity index is 1090. The smallest absolute Gasteiger partial charge is 0.308 e. The molecule has 1 aromatic carbocycles. The van der Waals surface area contributed by atoms with Crippen molar-refractivity contribution in [3.8, 4) is 0 Å². The lowest BCUT2D eigenvalue weighted by Gasteiger charge is -2.07. The van der Waals surface area contributed by atoms with Crippen molar-refractivity contribution in [1.82, 2.24) is 19.6 Å². The summed E-state index contributed by atoms with van der Waals surface area (Å²) in [5.74, 6) is -0.145. The Morgan fingerprint density at radius 2 is 1.87 bits per heavy atom. The first kappa shape index (κ1) is 21.7. The van der Waals surface area contributed by atoms with E-state index in [1.54, 1.807) is 23.0 Å². The number of alkyl halides is 3. The van der Waals surface area contributed by atoms with E-state index in [0.29, 0.717) is 17.3 Å². The molecule has 0 bridgehead atoms. The maximum atomic E-state index is 13.0. The molecule has 0 atom stereocenters. The van der Waals surface area contributed by atoms with Gasteiger partial charge in [0.15, 0.2) is 11.5 Å². The lowest BCUT2D eigenvalue weighted by molar-refractivity contribution is -0.141. The molecule has 1 saturated carbocycles. The topological polar surface area (TPSA) is 64.7 Å². The maximum Gasteiger partial charge on any atom is 0.435 e. The molecule has 11 heteroatoms. The summed E-state index contributed by atoms with van der Waals surface area (Å²) in [6.45, 7) is 0.474. The van der Waals surface area contributed by atoms with E-state index >= 15 is 0 Å². The number of carbonyl (C=O) groups excluding carboxylic acids is 1. The Hall–Kier alpha value is -2.52. The Labute approximate surface area is 185 Å². The summed E-state index contributed by atoms with van der Waals surface area (Å²) in [6.07, 6.45) is -1.33. The molecule has 1 aliphatic carbocycles. The highest BCUT2D eigenvalue weighted by Gasteiger charge is 2.37. The van der Waals surface area contributed by atoms with Gasteiger partial charge in [-0.1, -0.05) is 35.3 Å². The number of aryl methyl sites for hydroxylation is 1. The van der Waals surface area contributed by atoms with E-state index in [2.05, 4.69) is 15.5 Å². The number of nitrogens with one attached hydrogen (secondary N) is 1. The molecular formula is C20H18Cl2F3N5O. The summed E-state index contributed by atoms with van der Waals surface area (Å²) < 4.78 is 41.8. The SMILES string of the molecule is O=C(CCn1nc(C(F)(F)F)cc1C1CC1)Nc1nn(Cc2ccc(Cl)cc2)cc1Cl. The summed E-state index contributed by atoms with van der Waals surface area (Å²) in [7, 11) is 0. The van der Waals surface area contributed by atoms with Crippen LogP contribution >= 0.6 is 23.2 Å². The van der Waals surface area contributed by atoms with Crippen LogP contribution in [0.1, 0.15) is 42.1 Å². The molecule has 164 valence electrons. The molecule has 0 radical (unpaired) electrons. The fourth-order valence-electron chi connectivity index (χ4n) is 3.20. The van der Waals surface area contributed by atoms with Gasteiger partial charge in [0.1, 0.15) is 5.02 Å². The molecule has 3 aromatic rings. The number of halogens is 5. The van der Waals surface area contributed by atoms with Crippen molar-refractivity contribution in [2.75, 3.05) is 5.32 Å². The molecule has 1 aliphatic rings. The van der Waals surface area contributed by atoms with E-state index in [0.717, 1.165) is 24.5 Å².